The van der Waals surface area contributed by atoms with E-state index in [1.54, 1.807) is 0 Å². The van der Waals surface area contributed by atoms with Gasteiger partial charge in [-0.05, 0) is 45.2 Å². The van der Waals surface area contributed by atoms with Crippen LogP contribution in [0.2, 0.25) is 0 Å². The Morgan fingerprint density at radius 2 is 2.08 bits per heavy atom. The van der Waals surface area contributed by atoms with Crippen LogP contribution in [0.5, 0.6) is 0 Å². The minimum atomic E-state index is 0.401. The van der Waals surface area contributed by atoms with Crippen LogP contribution in [0.15, 0.2) is 0 Å². The molecule has 0 bridgehead atoms. The Kier molecular flexibility index (Phi) is 2.37. The molecule has 0 spiro atoms. The molecule has 2 aliphatic rings. The Morgan fingerprint density at radius 1 is 1.25 bits per heavy atom. The van der Waals surface area contributed by atoms with Crippen molar-refractivity contribution in [2.45, 2.75) is 44.7 Å². The summed E-state index contributed by atoms with van der Waals surface area (Å²) in [5, 5.41) is 0. The molecule has 70 valence electrons. The maximum absolute atomic E-state index is 5.98. The van der Waals surface area contributed by atoms with Gasteiger partial charge in [-0.1, -0.05) is 6.42 Å². The summed E-state index contributed by atoms with van der Waals surface area (Å²) in [5.74, 6) is 0.783. The quantitative estimate of drug-likeness (QED) is 0.637. The van der Waals surface area contributed by atoms with Crippen molar-refractivity contribution in [3.63, 3.8) is 0 Å². The number of nitrogens with two attached hydrogens (primary N) is 1. The molecule has 0 radical (unpaired) electrons. The molecule has 3 atom stereocenters. The SMILES string of the molecule is CC(N)C1CCN2CCCCC12. The maximum atomic E-state index is 5.98. The molecular formula is C10H20N2. The van der Waals surface area contributed by atoms with Crippen molar-refractivity contribution in [3.8, 4) is 0 Å². The molecule has 2 heteroatoms. The van der Waals surface area contributed by atoms with E-state index in [-0.39, 0.29) is 0 Å². The highest BCUT2D eigenvalue weighted by atomic mass is 15.2. The van der Waals surface area contributed by atoms with E-state index in [4.69, 9.17) is 5.73 Å². The van der Waals surface area contributed by atoms with Crippen molar-refractivity contribution in [2.24, 2.45) is 11.7 Å². The van der Waals surface area contributed by atoms with E-state index in [0.717, 1.165) is 12.0 Å². The number of fused-ring (bicyclic) bond motifs is 1. The molecular weight excluding hydrogens is 148 g/mol. The molecule has 0 aromatic rings. The average molecular weight is 168 g/mol. The zero-order valence-electron chi connectivity index (χ0n) is 8.00. The second-order valence-electron chi connectivity index (χ2n) is 4.41. The van der Waals surface area contributed by atoms with Crippen LogP contribution in [0.4, 0.5) is 0 Å². The molecule has 0 aromatic carbocycles. The first-order valence-electron chi connectivity index (χ1n) is 5.28. The van der Waals surface area contributed by atoms with E-state index in [1.807, 2.05) is 0 Å². The number of rotatable bonds is 1. The summed E-state index contributed by atoms with van der Waals surface area (Å²) < 4.78 is 0. The van der Waals surface area contributed by atoms with Crippen molar-refractivity contribution in [2.75, 3.05) is 13.1 Å². The van der Waals surface area contributed by atoms with Gasteiger partial charge in [0.25, 0.3) is 0 Å². The average Bonchev–Trinajstić information content (AvgIpc) is 2.47. The predicted molar refractivity (Wildman–Crippen MR) is 51.0 cm³/mol. The molecule has 2 heterocycles. The number of piperidine rings is 1. The molecule has 2 saturated heterocycles. The molecule has 0 saturated carbocycles. The summed E-state index contributed by atoms with van der Waals surface area (Å²) in [6.07, 6.45) is 5.56. The maximum Gasteiger partial charge on any atom is 0.0139 e. The highest BCUT2D eigenvalue weighted by Crippen LogP contribution is 2.32. The highest BCUT2D eigenvalue weighted by Gasteiger charge is 2.36. The van der Waals surface area contributed by atoms with Crippen LogP contribution in [0.1, 0.15) is 32.6 Å². The van der Waals surface area contributed by atoms with Gasteiger partial charge in [0.05, 0.1) is 0 Å². The van der Waals surface area contributed by atoms with Crippen LogP contribution in [0.25, 0.3) is 0 Å². The fourth-order valence-corrected chi connectivity index (χ4v) is 2.90. The van der Waals surface area contributed by atoms with Crippen LogP contribution in [-0.2, 0) is 0 Å². The van der Waals surface area contributed by atoms with Gasteiger partial charge < -0.3 is 10.6 Å². The van der Waals surface area contributed by atoms with Crippen LogP contribution >= 0.6 is 0 Å². The normalized spacial score (nSPS) is 39.5. The summed E-state index contributed by atoms with van der Waals surface area (Å²) >= 11 is 0. The molecule has 12 heavy (non-hydrogen) atoms. The molecule has 2 nitrogen and oxygen atoms in total. The van der Waals surface area contributed by atoms with Gasteiger partial charge in [-0.25, -0.2) is 0 Å². The van der Waals surface area contributed by atoms with Crippen LogP contribution < -0.4 is 5.73 Å². The lowest BCUT2D eigenvalue weighted by Crippen LogP contribution is -2.41. The van der Waals surface area contributed by atoms with Crippen molar-refractivity contribution in [1.82, 2.24) is 4.90 Å². The Morgan fingerprint density at radius 3 is 2.83 bits per heavy atom. The summed E-state index contributed by atoms with van der Waals surface area (Å²) in [4.78, 5) is 2.65. The molecule has 3 unspecified atom stereocenters. The van der Waals surface area contributed by atoms with E-state index in [0.29, 0.717) is 6.04 Å². The van der Waals surface area contributed by atoms with Crippen molar-refractivity contribution >= 4 is 0 Å². The van der Waals surface area contributed by atoms with E-state index in [2.05, 4.69) is 11.8 Å². The summed E-state index contributed by atoms with van der Waals surface area (Å²) in [5.41, 5.74) is 5.98. The highest BCUT2D eigenvalue weighted by molar-refractivity contribution is 4.92. The minimum absolute atomic E-state index is 0.401. The first kappa shape index (κ1) is 8.52. The van der Waals surface area contributed by atoms with Gasteiger partial charge in [0.15, 0.2) is 0 Å². The van der Waals surface area contributed by atoms with Crippen molar-refractivity contribution in [1.29, 1.82) is 0 Å². The van der Waals surface area contributed by atoms with Crippen LogP contribution in [0, 0.1) is 5.92 Å². The van der Waals surface area contributed by atoms with Crippen molar-refractivity contribution < 1.29 is 0 Å². The zero-order valence-corrected chi connectivity index (χ0v) is 8.00. The van der Waals surface area contributed by atoms with Crippen molar-refractivity contribution in [3.05, 3.63) is 0 Å². The zero-order chi connectivity index (χ0) is 8.55. The minimum Gasteiger partial charge on any atom is -0.328 e. The lowest BCUT2D eigenvalue weighted by molar-refractivity contribution is 0.164. The van der Waals surface area contributed by atoms with Gasteiger partial charge in [-0.15, -0.1) is 0 Å². The summed E-state index contributed by atoms with van der Waals surface area (Å²) in [6.45, 7) is 4.80. The second kappa shape index (κ2) is 3.35. The standard InChI is InChI=1S/C10H20N2/c1-8(11)9-5-7-12-6-3-2-4-10(9)12/h8-10H,2-7,11H2,1H3. The summed E-state index contributed by atoms with van der Waals surface area (Å²) in [7, 11) is 0. The van der Waals surface area contributed by atoms with E-state index in [9.17, 15) is 0 Å². The van der Waals surface area contributed by atoms with Gasteiger partial charge in [0.1, 0.15) is 0 Å². The van der Waals surface area contributed by atoms with E-state index < -0.39 is 0 Å². The van der Waals surface area contributed by atoms with Gasteiger partial charge in [0.2, 0.25) is 0 Å². The third-order valence-corrected chi connectivity index (χ3v) is 3.58. The third kappa shape index (κ3) is 1.38. The predicted octanol–water partition coefficient (Wildman–Crippen LogP) is 1.21. The fraction of sp³-hybridized carbons (Fsp3) is 1.00. The van der Waals surface area contributed by atoms with Gasteiger partial charge in [0, 0.05) is 12.1 Å². The van der Waals surface area contributed by atoms with Gasteiger partial charge in [-0.2, -0.15) is 0 Å². The monoisotopic (exact) mass is 168 g/mol. The lowest BCUT2D eigenvalue weighted by Gasteiger charge is -2.33. The molecule has 2 N–H and O–H groups in total. The van der Waals surface area contributed by atoms with Crippen LogP contribution in [0.3, 0.4) is 0 Å². The third-order valence-electron chi connectivity index (χ3n) is 3.58. The largest absolute Gasteiger partial charge is 0.328 e. The molecule has 0 aromatic heterocycles. The topological polar surface area (TPSA) is 29.3 Å². The number of hydrogen-bond donors (Lipinski definition) is 1. The van der Waals surface area contributed by atoms with Gasteiger partial charge in [-0.3, -0.25) is 0 Å². The Balaban J connectivity index is 2.01. The smallest absolute Gasteiger partial charge is 0.0139 e. The van der Waals surface area contributed by atoms with Crippen LogP contribution in [-0.4, -0.2) is 30.1 Å². The Bertz CT molecular complexity index is 156. The first-order chi connectivity index (χ1) is 5.79. The molecule has 2 fully saturated rings. The molecule has 2 rings (SSSR count). The van der Waals surface area contributed by atoms with E-state index in [1.165, 1.54) is 38.8 Å². The van der Waals surface area contributed by atoms with Gasteiger partial charge >= 0.3 is 0 Å². The molecule has 2 aliphatic heterocycles. The molecule has 0 amide bonds. The Labute approximate surface area is 75.1 Å². The number of hydrogen-bond acceptors (Lipinski definition) is 2. The van der Waals surface area contributed by atoms with E-state index >= 15 is 0 Å². The fourth-order valence-electron chi connectivity index (χ4n) is 2.90. The Hall–Kier alpha value is -0.0800. The lowest BCUT2D eigenvalue weighted by atomic mass is 9.89. The second-order valence-corrected chi connectivity index (χ2v) is 4.41. The molecule has 0 aliphatic carbocycles. The summed E-state index contributed by atoms with van der Waals surface area (Å²) in [6, 6.07) is 1.23. The number of nitrogens with zero attached hydrogens (tertiary/aromatic N) is 1. The first-order valence-corrected chi connectivity index (χ1v) is 5.28.